The van der Waals surface area contributed by atoms with Crippen LogP contribution in [0.2, 0.25) is 10.0 Å². The highest BCUT2D eigenvalue weighted by Crippen LogP contribution is 2.23. The molecule has 0 aliphatic carbocycles. The third-order valence-electron chi connectivity index (χ3n) is 4.58. The largest absolute Gasteiger partial charge is 0.383 e. The van der Waals surface area contributed by atoms with Gasteiger partial charge in [0, 0.05) is 19.2 Å². The quantitative estimate of drug-likeness (QED) is 0.559. The van der Waals surface area contributed by atoms with E-state index in [9.17, 15) is 14.4 Å². The number of hydrogen-bond donors (Lipinski definition) is 2. The summed E-state index contributed by atoms with van der Waals surface area (Å²) in [5.41, 5.74) is 5.58. The van der Waals surface area contributed by atoms with Gasteiger partial charge in [-0.2, -0.15) is 0 Å². The Hall–Kier alpha value is -2.51. The third-order valence-corrected chi connectivity index (χ3v) is 5.32. The number of anilines is 2. The SMILES string of the molecule is CCCCN(C(=O)/C=C/c1ccc(Cl)c(Cl)c1)c1c(N)n(CCCC)c(=O)[nH]c1=O. The highest BCUT2D eigenvalue weighted by Gasteiger charge is 2.22. The highest BCUT2D eigenvalue weighted by atomic mass is 35.5. The summed E-state index contributed by atoms with van der Waals surface area (Å²) in [4.78, 5) is 41.3. The van der Waals surface area contributed by atoms with Crippen LogP contribution in [-0.4, -0.2) is 22.0 Å². The van der Waals surface area contributed by atoms with E-state index in [0.717, 1.165) is 19.3 Å². The molecular weight excluding hydrogens is 427 g/mol. The van der Waals surface area contributed by atoms with Crippen molar-refractivity contribution in [1.29, 1.82) is 0 Å². The first-order chi connectivity index (χ1) is 14.3. The van der Waals surface area contributed by atoms with E-state index in [0.29, 0.717) is 35.1 Å². The number of aromatic nitrogens is 2. The van der Waals surface area contributed by atoms with Gasteiger partial charge in [0.25, 0.3) is 11.5 Å². The van der Waals surface area contributed by atoms with E-state index in [-0.39, 0.29) is 11.5 Å². The number of nitrogens with zero attached hydrogens (tertiary/aromatic N) is 2. The molecule has 0 spiro atoms. The van der Waals surface area contributed by atoms with Crippen LogP contribution in [0.3, 0.4) is 0 Å². The first-order valence-corrected chi connectivity index (χ1v) is 10.6. The Morgan fingerprint density at radius 3 is 2.50 bits per heavy atom. The number of unbranched alkanes of at least 4 members (excludes halogenated alkanes) is 2. The summed E-state index contributed by atoms with van der Waals surface area (Å²) in [5.74, 6) is -0.433. The Morgan fingerprint density at radius 1 is 1.17 bits per heavy atom. The van der Waals surface area contributed by atoms with Crippen molar-refractivity contribution >= 4 is 46.7 Å². The number of amides is 1. The molecule has 0 saturated heterocycles. The number of nitrogens with two attached hydrogens (primary N) is 1. The number of rotatable bonds is 9. The van der Waals surface area contributed by atoms with Crippen LogP contribution in [0.15, 0.2) is 33.9 Å². The number of carbonyl (C=O) groups excluding carboxylic acids is 1. The molecule has 0 fully saturated rings. The van der Waals surface area contributed by atoms with E-state index in [1.807, 2.05) is 13.8 Å². The van der Waals surface area contributed by atoms with Crippen molar-refractivity contribution in [1.82, 2.24) is 9.55 Å². The summed E-state index contributed by atoms with van der Waals surface area (Å²) in [6.07, 6.45) is 5.98. The third kappa shape index (κ3) is 5.77. The Kier molecular flexibility index (Phi) is 8.74. The molecule has 1 aromatic heterocycles. The van der Waals surface area contributed by atoms with E-state index in [1.165, 1.54) is 15.5 Å². The lowest BCUT2D eigenvalue weighted by Crippen LogP contribution is -2.41. The van der Waals surface area contributed by atoms with Crippen LogP contribution in [-0.2, 0) is 11.3 Å². The number of nitrogens with one attached hydrogen (secondary N) is 1. The molecule has 3 N–H and O–H groups in total. The zero-order chi connectivity index (χ0) is 22.3. The Morgan fingerprint density at radius 2 is 1.87 bits per heavy atom. The molecule has 0 unspecified atom stereocenters. The monoisotopic (exact) mass is 452 g/mol. The molecule has 0 aliphatic rings. The average Bonchev–Trinajstić information content (AvgIpc) is 2.70. The lowest BCUT2D eigenvalue weighted by Gasteiger charge is -2.23. The molecule has 1 heterocycles. The van der Waals surface area contributed by atoms with Gasteiger partial charge in [-0.05, 0) is 36.6 Å². The molecule has 0 saturated carbocycles. The lowest BCUT2D eigenvalue weighted by molar-refractivity contribution is -0.114. The molecule has 30 heavy (non-hydrogen) atoms. The van der Waals surface area contributed by atoms with Gasteiger partial charge in [0.2, 0.25) is 0 Å². The van der Waals surface area contributed by atoms with Crippen LogP contribution in [0.4, 0.5) is 11.5 Å². The van der Waals surface area contributed by atoms with Crippen molar-refractivity contribution in [3.8, 4) is 0 Å². The molecule has 2 aromatic rings. The van der Waals surface area contributed by atoms with Gasteiger partial charge in [0.05, 0.1) is 10.0 Å². The van der Waals surface area contributed by atoms with Crippen molar-refractivity contribution in [3.05, 3.63) is 60.7 Å². The standard InChI is InChI=1S/C21H26Cl2N4O3/c1-3-5-11-26(17(28)10-8-14-7-9-15(22)16(23)13-14)18-19(24)27(12-6-4-2)21(30)25-20(18)29/h7-10,13H,3-6,11-12,24H2,1-2H3,(H,25,29,30)/b10-8+. The maximum Gasteiger partial charge on any atom is 0.330 e. The number of carbonyl (C=O) groups is 1. The van der Waals surface area contributed by atoms with Crippen LogP contribution in [0.1, 0.15) is 45.1 Å². The zero-order valence-electron chi connectivity index (χ0n) is 17.1. The Balaban J connectivity index is 2.45. The summed E-state index contributed by atoms with van der Waals surface area (Å²) >= 11 is 11.9. The molecule has 0 radical (unpaired) electrons. The fraction of sp³-hybridized carbons (Fsp3) is 0.381. The molecule has 1 aromatic carbocycles. The van der Waals surface area contributed by atoms with Crippen molar-refractivity contribution in [2.75, 3.05) is 17.2 Å². The van der Waals surface area contributed by atoms with Gasteiger partial charge in [-0.15, -0.1) is 0 Å². The summed E-state index contributed by atoms with van der Waals surface area (Å²) in [5, 5.41) is 0.788. The van der Waals surface area contributed by atoms with Gasteiger partial charge in [-0.1, -0.05) is 56.0 Å². The number of H-pyrrole nitrogens is 1. The summed E-state index contributed by atoms with van der Waals surface area (Å²) < 4.78 is 1.30. The minimum absolute atomic E-state index is 0.00964. The number of halogens is 2. The summed E-state index contributed by atoms with van der Waals surface area (Å²) in [6.45, 7) is 4.61. The maximum absolute atomic E-state index is 13.0. The molecule has 1 amide bonds. The molecule has 7 nitrogen and oxygen atoms in total. The van der Waals surface area contributed by atoms with E-state index < -0.39 is 17.2 Å². The minimum Gasteiger partial charge on any atom is -0.383 e. The molecule has 0 bridgehead atoms. The van der Waals surface area contributed by atoms with Gasteiger partial charge < -0.3 is 10.6 Å². The molecular formula is C21H26Cl2N4O3. The van der Waals surface area contributed by atoms with Crippen LogP contribution in [0.25, 0.3) is 6.08 Å². The van der Waals surface area contributed by atoms with Crippen molar-refractivity contribution in [3.63, 3.8) is 0 Å². The fourth-order valence-corrected chi connectivity index (χ4v) is 3.20. The first kappa shape index (κ1) is 23.8. The van der Waals surface area contributed by atoms with Gasteiger partial charge in [-0.3, -0.25) is 19.1 Å². The molecule has 0 atom stereocenters. The van der Waals surface area contributed by atoms with Gasteiger partial charge in [0.15, 0.2) is 5.69 Å². The van der Waals surface area contributed by atoms with Gasteiger partial charge in [0.1, 0.15) is 5.82 Å². The first-order valence-electron chi connectivity index (χ1n) is 9.87. The van der Waals surface area contributed by atoms with Crippen molar-refractivity contribution < 1.29 is 4.79 Å². The second-order valence-electron chi connectivity index (χ2n) is 6.85. The predicted molar refractivity (Wildman–Crippen MR) is 123 cm³/mol. The molecule has 2 rings (SSSR count). The van der Waals surface area contributed by atoms with Gasteiger partial charge in [-0.25, -0.2) is 4.79 Å². The lowest BCUT2D eigenvalue weighted by atomic mass is 10.2. The smallest absolute Gasteiger partial charge is 0.330 e. The average molecular weight is 453 g/mol. The molecule has 9 heteroatoms. The molecule has 0 aliphatic heterocycles. The van der Waals surface area contributed by atoms with E-state index in [4.69, 9.17) is 28.9 Å². The normalized spacial score (nSPS) is 11.2. The van der Waals surface area contributed by atoms with Crippen LogP contribution < -0.4 is 21.9 Å². The number of nitrogen functional groups attached to an aromatic ring is 1. The fourth-order valence-electron chi connectivity index (χ4n) is 2.90. The zero-order valence-corrected chi connectivity index (χ0v) is 18.6. The number of hydrogen-bond acceptors (Lipinski definition) is 4. The highest BCUT2D eigenvalue weighted by molar-refractivity contribution is 6.42. The van der Waals surface area contributed by atoms with Crippen LogP contribution >= 0.6 is 23.2 Å². The van der Waals surface area contributed by atoms with E-state index >= 15 is 0 Å². The summed E-state index contributed by atoms with van der Waals surface area (Å²) in [7, 11) is 0. The maximum atomic E-state index is 13.0. The molecule has 162 valence electrons. The Labute approximate surface area is 185 Å². The predicted octanol–water partition coefficient (Wildman–Crippen LogP) is 4.07. The number of aromatic amines is 1. The summed E-state index contributed by atoms with van der Waals surface area (Å²) in [6, 6.07) is 4.99. The second kappa shape index (κ2) is 11.0. The Bertz CT molecular complexity index is 1040. The van der Waals surface area contributed by atoms with Gasteiger partial charge >= 0.3 is 5.69 Å². The van der Waals surface area contributed by atoms with E-state index in [1.54, 1.807) is 24.3 Å². The van der Waals surface area contributed by atoms with Crippen molar-refractivity contribution in [2.24, 2.45) is 0 Å². The van der Waals surface area contributed by atoms with Crippen LogP contribution in [0.5, 0.6) is 0 Å². The topological polar surface area (TPSA) is 101 Å². The number of benzene rings is 1. The minimum atomic E-state index is -0.683. The van der Waals surface area contributed by atoms with E-state index in [2.05, 4.69) is 4.98 Å². The van der Waals surface area contributed by atoms with Crippen molar-refractivity contribution in [2.45, 2.75) is 46.1 Å². The van der Waals surface area contributed by atoms with Crippen LogP contribution in [0, 0.1) is 0 Å². The second-order valence-corrected chi connectivity index (χ2v) is 7.66.